The van der Waals surface area contributed by atoms with Gasteiger partial charge >= 0.3 is 5.97 Å². The van der Waals surface area contributed by atoms with Gasteiger partial charge in [0.25, 0.3) is 0 Å². The molecule has 21 heavy (non-hydrogen) atoms. The fourth-order valence-corrected chi connectivity index (χ4v) is 3.11. The monoisotopic (exact) mass is 295 g/mol. The van der Waals surface area contributed by atoms with E-state index < -0.39 is 11.5 Å². The van der Waals surface area contributed by atoms with Crippen molar-refractivity contribution in [3.05, 3.63) is 17.8 Å². The molecule has 0 bridgehead atoms. The number of ether oxygens (including phenoxy) is 1. The highest BCUT2D eigenvalue weighted by Gasteiger charge is 2.48. The molecule has 1 aromatic heterocycles. The molecule has 0 saturated carbocycles. The number of aryl methyl sites for hydroxylation is 1. The van der Waals surface area contributed by atoms with Gasteiger partial charge in [-0.15, -0.1) is 0 Å². The lowest BCUT2D eigenvalue weighted by atomic mass is 9.95. The van der Waals surface area contributed by atoms with E-state index in [1.54, 1.807) is 6.20 Å². The first kappa shape index (κ1) is 14.5. The Morgan fingerprint density at radius 3 is 2.71 bits per heavy atom. The van der Waals surface area contributed by atoms with Crippen LogP contribution in [0.2, 0.25) is 0 Å². The van der Waals surface area contributed by atoms with Crippen molar-refractivity contribution in [2.75, 3.05) is 39.4 Å². The first-order valence-corrected chi connectivity index (χ1v) is 7.30. The molecule has 0 spiro atoms. The summed E-state index contributed by atoms with van der Waals surface area (Å²) in [6.07, 6.45) is 2.29. The molecule has 1 atom stereocenters. The van der Waals surface area contributed by atoms with Crippen molar-refractivity contribution in [2.24, 2.45) is 0 Å². The zero-order valence-electron chi connectivity index (χ0n) is 12.2. The van der Waals surface area contributed by atoms with Gasteiger partial charge in [0.15, 0.2) is 0 Å². The SMILES string of the molecule is Cc1cnc(CN2CCN(C3(C(=O)O)CCOC3)CC2)o1. The molecule has 7 heteroatoms. The van der Waals surface area contributed by atoms with Gasteiger partial charge < -0.3 is 14.3 Å². The van der Waals surface area contributed by atoms with Gasteiger partial charge in [0.1, 0.15) is 11.3 Å². The van der Waals surface area contributed by atoms with Gasteiger partial charge in [0.05, 0.1) is 19.3 Å². The highest BCUT2D eigenvalue weighted by molar-refractivity contribution is 5.79. The molecule has 2 aliphatic rings. The number of piperazine rings is 1. The number of carbonyl (C=O) groups is 1. The van der Waals surface area contributed by atoms with Crippen molar-refractivity contribution in [1.29, 1.82) is 0 Å². The van der Waals surface area contributed by atoms with Crippen LogP contribution in [0.25, 0.3) is 0 Å². The molecule has 1 aromatic rings. The number of aromatic nitrogens is 1. The summed E-state index contributed by atoms with van der Waals surface area (Å²) in [6, 6.07) is 0. The number of aliphatic carboxylic acids is 1. The second-order valence-corrected chi connectivity index (χ2v) is 5.77. The van der Waals surface area contributed by atoms with Crippen LogP contribution in [0.4, 0.5) is 0 Å². The molecule has 2 aliphatic heterocycles. The zero-order chi connectivity index (χ0) is 14.9. The summed E-state index contributed by atoms with van der Waals surface area (Å²) in [6.45, 7) is 6.48. The Hall–Kier alpha value is -1.44. The molecular weight excluding hydrogens is 274 g/mol. The number of nitrogens with zero attached hydrogens (tertiary/aromatic N) is 3. The van der Waals surface area contributed by atoms with Gasteiger partial charge in [-0.25, -0.2) is 4.98 Å². The van der Waals surface area contributed by atoms with Crippen LogP contribution in [-0.2, 0) is 16.1 Å². The molecule has 1 unspecified atom stereocenters. The first-order chi connectivity index (χ1) is 10.1. The van der Waals surface area contributed by atoms with Gasteiger partial charge in [-0.1, -0.05) is 0 Å². The molecule has 7 nitrogen and oxygen atoms in total. The van der Waals surface area contributed by atoms with Crippen LogP contribution in [0.5, 0.6) is 0 Å². The number of hydrogen-bond acceptors (Lipinski definition) is 6. The molecule has 3 rings (SSSR count). The summed E-state index contributed by atoms with van der Waals surface area (Å²) in [5, 5.41) is 9.56. The van der Waals surface area contributed by atoms with Gasteiger partial charge in [-0.2, -0.15) is 0 Å². The summed E-state index contributed by atoms with van der Waals surface area (Å²) >= 11 is 0. The van der Waals surface area contributed by atoms with Crippen LogP contribution >= 0.6 is 0 Å². The normalized spacial score (nSPS) is 28.0. The lowest BCUT2D eigenvalue weighted by molar-refractivity contribution is -0.153. The predicted molar refractivity (Wildman–Crippen MR) is 73.9 cm³/mol. The predicted octanol–water partition coefficient (Wildman–Crippen LogP) is 0.344. The molecule has 2 fully saturated rings. The third kappa shape index (κ3) is 2.81. The van der Waals surface area contributed by atoms with Crippen molar-refractivity contribution >= 4 is 5.97 Å². The fraction of sp³-hybridized carbons (Fsp3) is 0.714. The molecule has 1 N–H and O–H groups in total. The fourth-order valence-electron chi connectivity index (χ4n) is 3.11. The number of carboxylic acid groups (broad SMARTS) is 1. The number of rotatable bonds is 4. The molecule has 0 radical (unpaired) electrons. The second-order valence-electron chi connectivity index (χ2n) is 5.77. The maximum atomic E-state index is 11.6. The van der Waals surface area contributed by atoms with Gasteiger partial charge in [0, 0.05) is 39.2 Å². The number of oxazole rings is 1. The van der Waals surface area contributed by atoms with Gasteiger partial charge in [-0.05, 0) is 6.92 Å². The van der Waals surface area contributed by atoms with Gasteiger partial charge in [-0.3, -0.25) is 14.6 Å². The summed E-state index contributed by atoms with van der Waals surface area (Å²) < 4.78 is 10.8. The second kappa shape index (κ2) is 5.75. The van der Waals surface area contributed by atoms with E-state index in [1.807, 2.05) is 6.92 Å². The summed E-state index contributed by atoms with van der Waals surface area (Å²) in [7, 11) is 0. The summed E-state index contributed by atoms with van der Waals surface area (Å²) in [5.74, 6) is 0.770. The standard InChI is InChI=1S/C14H21N3O4/c1-11-8-15-12(21-11)9-16-3-5-17(6-4-16)14(13(18)19)2-7-20-10-14/h8H,2-7,9-10H2,1H3,(H,18,19). The Bertz CT molecular complexity index is 502. The Morgan fingerprint density at radius 1 is 1.43 bits per heavy atom. The largest absolute Gasteiger partial charge is 0.480 e. The van der Waals surface area contributed by atoms with Crippen molar-refractivity contribution in [3.63, 3.8) is 0 Å². The van der Waals surface area contributed by atoms with Crippen LogP contribution in [-0.4, -0.2) is 70.8 Å². The third-order valence-corrected chi connectivity index (χ3v) is 4.40. The Balaban J connectivity index is 1.58. The maximum absolute atomic E-state index is 11.6. The quantitative estimate of drug-likeness (QED) is 0.858. The van der Waals surface area contributed by atoms with Crippen molar-refractivity contribution < 1.29 is 19.1 Å². The van der Waals surface area contributed by atoms with Crippen LogP contribution in [0.15, 0.2) is 10.6 Å². The Labute approximate surface area is 123 Å². The smallest absolute Gasteiger partial charge is 0.326 e. The average molecular weight is 295 g/mol. The molecule has 0 amide bonds. The first-order valence-electron chi connectivity index (χ1n) is 7.30. The van der Waals surface area contributed by atoms with E-state index in [0.717, 1.165) is 37.8 Å². The Morgan fingerprint density at radius 2 is 2.19 bits per heavy atom. The molecule has 3 heterocycles. The average Bonchev–Trinajstić information content (AvgIpc) is 3.10. The zero-order valence-corrected chi connectivity index (χ0v) is 12.2. The van der Waals surface area contributed by atoms with E-state index in [0.29, 0.717) is 26.2 Å². The van der Waals surface area contributed by atoms with E-state index in [-0.39, 0.29) is 0 Å². The summed E-state index contributed by atoms with van der Waals surface area (Å²) in [4.78, 5) is 20.1. The highest BCUT2D eigenvalue weighted by Crippen LogP contribution is 2.28. The van der Waals surface area contributed by atoms with Crippen molar-refractivity contribution in [2.45, 2.75) is 25.4 Å². The third-order valence-electron chi connectivity index (χ3n) is 4.40. The van der Waals surface area contributed by atoms with Crippen LogP contribution in [0.3, 0.4) is 0 Å². The minimum atomic E-state index is -0.828. The lowest BCUT2D eigenvalue weighted by Gasteiger charge is -2.42. The lowest BCUT2D eigenvalue weighted by Crippen LogP contribution is -2.61. The minimum Gasteiger partial charge on any atom is -0.480 e. The Kier molecular flexibility index (Phi) is 3.97. The molecule has 116 valence electrons. The molecular formula is C14H21N3O4. The van der Waals surface area contributed by atoms with Crippen LogP contribution in [0, 0.1) is 6.92 Å². The van der Waals surface area contributed by atoms with E-state index in [9.17, 15) is 9.90 Å². The highest BCUT2D eigenvalue weighted by atomic mass is 16.5. The van der Waals surface area contributed by atoms with E-state index >= 15 is 0 Å². The van der Waals surface area contributed by atoms with Crippen LogP contribution in [0.1, 0.15) is 18.1 Å². The minimum absolute atomic E-state index is 0.293. The van der Waals surface area contributed by atoms with E-state index in [4.69, 9.17) is 9.15 Å². The topological polar surface area (TPSA) is 79.0 Å². The van der Waals surface area contributed by atoms with Crippen molar-refractivity contribution in [1.82, 2.24) is 14.8 Å². The molecule has 2 saturated heterocycles. The van der Waals surface area contributed by atoms with E-state index in [1.165, 1.54) is 0 Å². The number of hydrogen-bond donors (Lipinski definition) is 1. The van der Waals surface area contributed by atoms with E-state index in [2.05, 4.69) is 14.8 Å². The number of carboxylic acids is 1. The maximum Gasteiger partial charge on any atom is 0.326 e. The molecule has 0 aromatic carbocycles. The summed E-state index contributed by atoms with van der Waals surface area (Å²) in [5.41, 5.74) is -0.828. The molecule has 0 aliphatic carbocycles. The van der Waals surface area contributed by atoms with Crippen LogP contribution < -0.4 is 0 Å². The van der Waals surface area contributed by atoms with Gasteiger partial charge in [0.2, 0.25) is 5.89 Å². The van der Waals surface area contributed by atoms with Crippen molar-refractivity contribution in [3.8, 4) is 0 Å².